The van der Waals surface area contributed by atoms with Gasteiger partial charge in [0.15, 0.2) is 35.4 Å². The Morgan fingerprint density at radius 3 is 2.21 bits per heavy atom. The second-order valence-electron chi connectivity index (χ2n) is 12.2. The Balaban J connectivity index is 1.33. The van der Waals surface area contributed by atoms with Gasteiger partial charge in [0, 0.05) is 24.3 Å². The van der Waals surface area contributed by atoms with Crippen molar-refractivity contribution in [1.82, 2.24) is 0 Å². The molecule has 9 unspecified atom stereocenters. The van der Waals surface area contributed by atoms with E-state index in [4.69, 9.17) is 28.1 Å². The summed E-state index contributed by atoms with van der Waals surface area (Å²) in [5.74, 6) is -4.01. The first kappa shape index (κ1) is 37.3. The van der Waals surface area contributed by atoms with Crippen molar-refractivity contribution in [3.05, 3.63) is 66.2 Å². The van der Waals surface area contributed by atoms with E-state index in [0.717, 1.165) is 24.3 Å². The van der Waals surface area contributed by atoms with Crippen LogP contribution in [0, 0.1) is 0 Å². The highest BCUT2D eigenvalue weighted by Gasteiger charge is 2.51. The van der Waals surface area contributed by atoms with Crippen molar-refractivity contribution in [2.45, 2.75) is 55.3 Å². The lowest BCUT2D eigenvalue weighted by Gasteiger charge is -2.44. The maximum Gasteiger partial charge on any atom is 0.402 e. The van der Waals surface area contributed by atoms with Gasteiger partial charge >= 0.3 is 17.3 Å². The Kier molecular flexibility index (Phi) is 10.8. The minimum atomic E-state index is -1.93. The molecule has 0 bridgehead atoms. The van der Waals surface area contributed by atoms with E-state index < -0.39 is 97.5 Å². The quantitative estimate of drug-likeness (QED) is 0.0482. The summed E-state index contributed by atoms with van der Waals surface area (Å²) in [5, 5.41) is 113. The fourth-order valence-corrected chi connectivity index (χ4v) is 5.62. The van der Waals surface area contributed by atoms with Gasteiger partial charge in [0.05, 0.1) is 18.2 Å². The highest BCUT2D eigenvalue weighted by atomic mass is 16.8. The Morgan fingerprint density at radius 2 is 1.49 bits per heavy atom. The Morgan fingerprint density at radius 1 is 0.774 bits per heavy atom. The van der Waals surface area contributed by atoms with Crippen LogP contribution in [0.1, 0.15) is 5.56 Å². The number of carbonyl (C=O) groups is 1. The summed E-state index contributed by atoms with van der Waals surface area (Å²) in [6, 6.07) is 10.8. The summed E-state index contributed by atoms with van der Waals surface area (Å²) in [4.78, 5) is 12.6. The van der Waals surface area contributed by atoms with Crippen LogP contribution < -0.4 is 4.74 Å². The molecule has 3 heterocycles. The first-order valence-electron chi connectivity index (χ1n) is 15.9. The SMILES string of the molecule is O=C(C=Cc1ccc(O)c(O)c1)OCC1OC(Oc2cc3c(O)cc(O)cc3[o+]c2-c2ccc(O)c(O)c2)C(OC2OCC(O)C(O)C2O)C(O)C1O. The van der Waals surface area contributed by atoms with E-state index in [1.807, 2.05) is 0 Å². The van der Waals surface area contributed by atoms with Crippen molar-refractivity contribution in [2.75, 3.05) is 13.2 Å². The van der Waals surface area contributed by atoms with Crippen LogP contribution in [0.4, 0.5) is 0 Å². The average Bonchev–Trinajstić information content (AvgIpc) is 3.12. The first-order chi connectivity index (χ1) is 25.2. The van der Waals surface area contributed by atoms with Gasteiger partial charge in [-0.05, 0) is 35.9 Å². The number of rotatable bonds is 9. The molecule has 11 N–H and O–H groups in total. The summed E-state index contributed by atoms with van der Waals surface area (Å²) >= 11 is 0. The van der Waals surface area contributed by atoms with Crippen LogP contribution in [0.3, 0.4) is 0 Å². The summed E-state index contributed by atoms with van der Waals surface area (Å²) in [5.41, 5.74) is 0.368. The van der Waals surface area contributed by atoms with E-state index in [-0.39, 0.29) is 39.5 Å². The number of fused-ring (bicyclic) bond motifs is 1. The summed E-state index contributed by atoms with van der Waals surface area (Å²) in [6.07, 6.45) is -13.3. The normalized spacial score (nSPS) is 27.5. The van der Waals surface area contributed by atoms with Crippen LogP contribution in [0.25, 0.3) is 28.4 Å². The average molecular weight is 744 g/mol. The molecule has 4 aromatic rings. The smallest absolute Gasteiger partial charge is 0.402 e. The van der Waals surface area contributed by atoms with E-state index in [1.165, 1.54) is 42.5 Å². The van der Waals surface area contributed by atoms with E-state index in [2.05, 4.69) is 0 Å². The molecule has 0 spiro atoms. The van der Waals surface area contributed by atoms with Gasteiger partial charge in [-0.3, -0.25) is 0 Å². The minimum Gasteiger partial charge on any atom is -0.507 e. The highest BCUT2D eigenvalue weighted by molar-refractivity contribution is 5.89. The number of carbonyl (C=O) groups excluding carboxylic acids is 1. The zero-order valence-electron chi connectivity index (χ0n) is 27.2. The standard InChI is InChI=1S/C35H34O18/c36-16-9-20(39)17-11-25(32(50-24(17)10-16)15-3-5-19(38)22(41)8-15)51-35-33(53-34-31(47)28(44)23(42)12-49-34)30(46)29(45)26(52-35)13-48-27(43)6-2-14-1-4-18(37)21(40)7-14/h1-11,23,26,28-31,33-35,42,44-47H,12-13H2,(H5-,36,37,38,39,40,41,43)/p+1. The molecule has 282 valence electrons. The second kappa shape index (κ2) is 15.3. The molecule has 0 saturated carbocycles. The highest BCUT2D eigenvalue weighted by Crippen LogP contribution is 2.42. The molecule has 0 aliphatic carbocycles. The molecule has 1 aromatic heterocycles. The van der Waals surface area contributed by atoms with Crippen LogP contribution in [0.15, 0.2) is 65.1 Å². The van der Waals surface area contributed by atoms with E-state index in [1.54, 1.807) is 0 Å². The monoisotopic (exact) mass is 743 g/mol. The molecular formula is C35H35O18+. The topological polar surface area (TPSA) is 297 Å². The third-order valence-corrected chi connectivity index (χ3v) is 8.49. The predicted molar refractivity (Wildman–Crippen MR) is 176 cm³/mol. The molecule has 53 heavy (non-hydrogen) atoms. The van der Waals surface area contributed by atoms with Crippen molar-refractivity contribution >= 4 is 23.0 Å². The van der Waals surface area contributed by atoms with Crippen molar-refractivity contribution < 1.29 is 89.1 Å². The van der Waals surface area contributed by atoms with Gasteiger partial charge in [0.1, 0.15) is 60.1 Å². The fourth-order valence-electron chi connectivity index (χ4n) is 5.62. The number of phenolic OH excluding ortho intramolecular Hbond substituents is 6. The maximum absolute atomic E-state index is 12.6. The van der Waals surface area contributed by atoms with Gasteiger partial charge in [0.2, 0.25) is 12.0 Å². The molecular weight excluding hydrogens is 708 g/mol. The lowest BCUT2D eigenvalue weighted by Crippen LogP contribution is -2.64. The van der Waals surface area contributed by atoms with Crippen molar-refractivity contribution in [1.29, 1.82) is 0 Å². The van der Waals surface area contributed by atoms with Crippen LogP contribution in [0.2, 0.25) is 0 Å². The fraction of sp³-hybridized carbons (Fsp3) is 0.314. The van der Waals surface area contributed by atoms with Gasteiger partial charge in [0.25, 0.3) is 0 Å². The van der Waals surface area contributed by atoms with Gasteiger partial charge < -0.3 is 79.9 Å². The molecule has 2 aliphatic heterocycles. The van der Waals surface area contributed by atoms with Crippen molar-refractivity contribution in [2.24, 2.45) is 0 Å². The zero-order valence-corrected chi connectivity index (χ0v) is 27.2. The summed E-state index contributed by atoms with van der Waals surface area (Å²) < 4.78 is 34.4. The summed E-state index contributed by atoms with van der Waals surface area (Å²) in [7, 11) is 0. The number of ether oxygens (including phenoxy) is 5. The van der Waals surface area contributed by atoms with Crippen LogP contribution in [0.5, 0.6) is 40.2 Å². The van der Waals surface area contributed by atoms with Crippen LogP contribution >= 0.6 is 0 Å². The van der Waals surface area contributed by atoms with Gasteiger partial charge in [-0.1, -0.05) is 6.07 Å². The lowest BCUT2D eigenvalue weighted by molar-refractivity contribution is -0.345. The van der Waals surface area contributed by atoms with Crippen molar-refractivity contribution in [3.63, 3.8) is 0 Å². The number of hydrogen-bond donors (Lipinski definition) is 11. The third kappa shape index (κ3) is 7.99. The van der Waals surface area contributed by atoms with Gasteiger partial charge in [-0.25, -0.2) is 9.21 Å². The Labute approximate surface area is 298 Å². The number of phenols is 6. The maximum atomic E-state index is 12.6. The largest absolute Gasteiger partial charge is 0.507 e. The van der Waals surface area contributed by atoms with E-state index >= 15 is 0 Å². The first-order valence-corrected chi connectivity index (χ1v) is 15.9. The molecule has 6 rings (SSSR count). The molecule has 18 heteroatoms. The molecule has 2 saturated heterocycles. The number of hydrogen-bond acceptors (Lipinski definition) is 17. The molecule has 18 nitrogen and oxygen atoms in total. The second-order valence-corrected chi connectivity index (χ2v) is 12.2. The Bertz CT molecular complexity index is 2000. The molecule has 0 amide bonds. The molecule has 3 aromatic carbocycles. The summed E-state index contributed by atoms with van der Waals surface area (Å²) in [6.45, 7) is -1.16. The molecule has 9 atom stereocenters. The van der Waals surface area contributed by atoms with Crippen molar-refractivity contribution in [3.8, 4) is 51.6 Å². The number of aliphatic hydroxyl groups is 5. The zero-order chi connectivity index (χ0) is 38.1. The number of aliphatic hydroxyl groups excluding tert-OH is 5. The predicted octanol–water partition coefficient (Wildman–Crippen LogP) is 0.521. The van der Waals surface area contributed by atoms with Gasteiger partial charge in [-0.2, -0.15) is 0 Å². The molecule has 2 aliphatic rings. The number of esters is 1. The molecule has 0 radical (unpaired) electrons. The van der Waals surface area contributed by atoms with Crippen LogP contribution in [-0.4, -0.2) is 131 Å². The number of benzene rings is 3. The third-order valence-electron chi connectivity index (χ3n) is 8.49. The lowest BCUT2D eigenvalue weighted by atomic mass is 9.98. The van der Waals surface area contributed by atoms with E-state index in [0.29, 0.717) is 5.56 Å². The molecule has 2 fully saturated rings. The minimum absolute atomic E-state index is 0.000715. The Hall–Kier alpha value is -5.44. The van der Waals surface area contributed by atoms with Crippen LogP contribution in [-0.2, 0) is 23.7 Å². The van der Waals surface area contributed by atoms with E-state index in [9.17, 15) is 61.0 Å². The number of aromatic hydroxyl groups is 6. The van der Waals surface area contributed by atoms with Gasteiger partial charge in [-0.15, -0.1) is 0 Å².